The molecule has 3 heterocycles. The van der Waals surface area contributed by atoms with Crippen LogP contribution in [0.4, 0.5) is 36.6 Å². The fourth-order valence-electron chi connectivity index (χ4n) is 5.96. The van der Waals surface area contributed by atoms with Gasteiger partial charge in [0.2, 0.25) is 5.91 Å². The lowest BCUT2D eigenvalue weighted by Gasteiger charge is -2.44. The summed E-state index contributed by atoms with van der Waals surface area (Å²) in [7, 11) is 2.77. The van der Waals surface area contributed by atoms with E-state index in [1.165, 1.54) is 28.5 Å². The standard InChI is InChI=1S/C29H26F7IN4O3S/c1-4-22(42)40-15(9-28(32,33)10-21(40)37)11-39(2)26-18-8-19(29(34,35)36)23(17-6-5-14(30)7-20(17)31)25-24(18)41(27(43)38-26)16(12-44-3)13-45-25/h4-8,15-16,21H,1,9-13H2,2-3H3/t15?,16-,21?/m0/s1. The summed E-state index contributed by atoms with van der Waals surface area (Å²) in [5.41, 5.74) is -3.17. The molecule has 0 radical (unpaired) electrons. The van der Waals surface area contributed by atoms with Gasteiger partial charge in [0.15, 0.2) is 0 Å². The normalized spacial score (nSPS) is 21.2. The molecule has 7 nitrogen and oxygen atoms in total. The number of likely N-dealkylation sites (tertiary alicyclic amines) is 1. The lowest BCUT2D eigenvalue weighted by Crippen LogP contribution is -2.56. The smallest absolute Gasteiger partial charge is 0.383 e. The fourth-order valence-corrected chi connectivity index (χ4v) is 8.65. The number of benzene rings is 2. The molecule has 0 bridgehead atoms. The largest absolute Gasteiger partial charge is 0.417 e. The van der Waals surface area contributed by atoms with E-state index >= 15 is 4.39 Å². The van der Waals surface area contributed by atoms with Gasteiger partial charge in [-0.25, -0.2) is 22.4 Å². The van der Waals surface area contributed by atoms with Crippen molar-refractivity contribution in [3.63, 3.8) is 0 Å². The molecule has 16 heteroatoms. The van der Waals surface area contributed by atoms with Crippen molar-refractivity contribution in [1.29, 1.82) is 0 Å². The molecule has 1 saturated heterocycles. The number of alkyl halides is 6. The second-order valence-corrected chi connectivity index (χ2v) is 13.3. The van der Waals surface area contributed by atoms with Crippen LogP contribution in [0.15, 0.2) is 46.6 Å². The minimum atomic E-state index is -5.03. The topological polar surface area (TPSA) is 67.7 Å². The third kappa shape index (κ3) is 6.28. The summed E-state index contributed by atoms with van der Waals surface area (Å²) in [5.74, 6) is -6.11. The highest BCUT2D eigenvalue weighted by molar-refractivity contribution is 14.1. The molecule has 1 fully saturated rings. The predicted molar refractivity (Wildman–Crippen MR) is 164 cm³/mol. The van der Waals surface area contributed by atoms with Gasteiger partial charge in [0.25, 0.3) is 5.92 Å². The highest BCUT2D eigenvalue weighted by Crippen LogP contribution is 2.50. The zero-order valence-electron chi connectivity index (χ0n) is 23.8. The maximum atomic E-state index is 15.1. The first-order valence-electron chi connectivity index (χ1n) is 13.5. The molecule has 2 aliphatic heterocycles. The highest BCUT2D eigenvalue weighted by Gasteiger charge is 2.47. The lowest BCUT2D eigenvalue weighted by molar-refractivity contribution is -0.139. The zero-order valence-corrected chi connectivity index (χ0v) is 26.8. The molecule has 1 aromatic heterocycles. The maximum absolute atomic E-state index is 15.1. The first-order chi connectivity index (χ1) is 21.1. The molecular weight excluding hydrogens is 744 g/mol. The van der Waals surface area contributed by atoms with Gasteiger partial charge < -0.3 is 14.5 Å². The van der Waals surface area contributed by atoms with Gasteiger partial charge in [-0.15, -0.1) is 11.8 Å². The molecule has 1 amide bonds. The van der Waals surface area contributed by atoms with Crippen LogP contribution in [0.3, 0.4) is 0 Å². The van der Waals surface area contributed by atoms with Crippen molar-refractivity contribution < 1.29 is 40.3 Å². The van der Waals surface area contributed by atoms with E-state index < -0.39 is 81.0 Å². The van der Waals surface area contributed by atoms with Crippen molar-refractivity contribution in [2.45, 2.75) is 46.0 Å². The van der Waals surface area contributed by atoms with Crippen LogP contribution >= 0.6 is 34.4 Å². The number of hydrogen-bond donors (Lipinski definition) is 0. The van der Waals surface area contributed by atoms with E-state index in [4.69, 9.17) is 4.74 Å². The van der Waals surface area contributed by atoms with Crippen molar-refractivity contribution in [3.8, 4) is 11.1 Å². The SMILES string of the molecule is C=CC(=O)N1C(I)CC(F)(F)CC1CN(C)c1nc(=O)n2c3c(c(-c4ccc(F)cc4F)c(C(F)(F)F)cc13)SC[C@@H]2COC. The lowest BCUT2D eigenvalue weighted by atomic mass is 9.95. The Bertz CT molecular complexity index is 1730. The van der Waals surface area contributed by atoms with E-state index in [-0.39, 0.29) is 40.5 Å². The molecular formula is C29H26F7IN4O3S. The van der Waals surface area contributed by atoms with Gasteiger partial charge in [-0.3, -0.25) is 9.36 Å². The molecule has 2 aromatic carbocycles. The van der Waals surface area contributed by atoms with E-state index in [0.29, 0.717) is 6.07 Å². The number of aromatic nitrogens is 2. The summed E-state index contributed by atoms with van der Waals surface area (Å²) in [4.78, 5) is 32.8. The zero-order chi connectivity index (χ0) is 33.0. The molecule has 0 spiro atoms. The maximum Gasteiger partial charge on any atom is 0.417 e. The number of likely N-dealkylation sites (N-methyl/N-ethyl adjacent to an activating group) is 1. The number of ether oxygens (including phenoxy) is 1. The molecule has 3 atom stereocenters. The molecule has 45 heavy (non-hydrogen) atoms. The Kier molecular flexibility index (Phi) is 9.22. The van der Waals surface area contributed by atoms with Crippen LogP contribution in [0.1, 0.15) is 24.4 Å². The van der Waals surface area contributed by atoms with Gasteiger partial charge in [0, 0.05) is 66.8 Å². The number of thioether (sulfide) groups is 1. The Morgan fingerprint density at radius 3 is 2.58 bits per heavy atom. The van der Waals surface area contributed by atoms with Crippen LogP contribution in [0.5, 0.6) is 0 Å². The monoisotopic (exact) mass is 770 g/mol. The van der Waals surface area contributed by atoms with E-state index in [9.17, 15) is 35.9 Å². The first-order valence-corrected chi connectivity index (χ1v) is 15.8. The number of carbonyl (C=O) groups excluding carboxylic acids is 1. The number of nitrogens with zero attached hydrogens (tertiary/aromatic N) is 4. The van der Waals surface area contributed by atoms with Crippen molar-refractivity contribution in [3.05, 3.63) is 64.6 Å². The molecule has 0 saturated carbocycles. The summed E-state index contributed by atoms with van der Waals surface area (Å²) < 4.78 is 108. The van der Waals surface area contributed by atoms with Crippen LogP contribution in [-0.4, -0.2) is 69.4 Å². The molecule has 0 aliphatic carbocycles. The number of anilines is 1. The van der Waals surface area contributed by atoms with Gasteiger partial charge in [-0.2, -0.15) is 18.2 Å². The second kappa shape index (κ2) is 12.4. The minimum absolute atomic E-state index is 0.00636. The van der Waals surface area contributed by atoms with Gasteiger partial charge in [-0.05, 0) is 24.3 Å². The quantitative estimate of drug-likeness (QED) is 0.0881. The van der Waals surface area contributed by atoms with Crippen molar-refractivity contribution in [2.24, 2.45) is 0 Å². The van der Waals surface area contributed by atoms with Gasteiger partial charge in [-0.1, -0.05) is 29.2 Å². The highest BCUT2D eigenvalue weighted by atomic mass is 127. The van der Waals surface area contributed by atoms with Crippen molar-refractivity contribution in [1.82, 2.24) is 14.5 Å². The average molecular weight is 771 g/mol. The van der Waals surface area contributed by atoms with E-state index in [2.05, 4.69) is 11.6 Å². The number of piperidine rings is 1. The molecule has 5 rings (SSSR count). The number of carbonyl (C=O) groups is 1. The molecule has 2 aliphatic rings. The number of methoxy groups -OCH3 is 1. The van der Waals surface area contributed by atoms with Crippen LogP contribution in [-0.2, 0) is 15.7 Å². The van der Waals surface area contributed by atoms with E-state index in [0.717, 1.165) is 36.0 Å². The summed E-state index contributed by atoms with van der Waals surface area (Å²) >= 11 is 2.69. The van der Waals surface area contributed by atoms with E-state index in [1.807, 2.05) is 0 Å². The van der Waals surface area contributed by atoms with Crippen molar-refractivity contribution in [2.75, 3.05) is 38.0 Å². The van der Waals surface area contributed by atoms with Crippen molar-refractivity contribution >= 4 is 57.0 Å². The molecule has 2 unspecified atom stereocenters. The fraction of sp³-hybridized carbons (Fsp3) is 0.414. The molecule has 0 N–H and O–H groups in total. The summed E-state index contributed by atoms with van der Waals surface area (Å²) in [6, 6.07) is 1.20. The molecule has 3 aromatic rings. The third-order valence-electron chi connectivity index (χ3n) is 7.77. The first kappa shape index (κ1) is 33.5. The van der Waals surface area contributed by atoms with Crippen LogP contribution in [0.2, 0.25) is 0 Å². The van der Waals surface area contributed by atoms with Gasteiger partial charge in [0.05, 0.1) is 33.8 Å². The summed E-state index contributed by atoms with van der Waals surface area (Å²) in [6.45, 7) is 3.15. The number of amides is 1. The third-order valence-corrected chi connectivity index (χ3v) is 10.0. The molecule has 242 valence electrons. The minimum Gasteiger partial charge on any atom is -0.383 e. The predicted octanol–water partition coefficient (Wildman–Crippen LogP) is 6.66. The Labute approximate surface area is 270 Å². The summed E-state index contributed by atoms with van der Waals surface area (Å²) in [6.07, 6.45) is -5.36. The van der Waals surface area contributed by atoms with Crippen LogP contribution in [0, 0.1) is 11.6 Å². The van der Waals surface area contributed by atoms with Crippen LogP contribution < -0.4 is 10.6 Å². The number of rotatable bonds is 7. The van der Waals surface area contributed by atoms with Crippen LogP contribution in [0.25, 0.3) is 22.0 Å². The Balaban J connectivity index is 1.77. The van der Waals surface area contributed by atoms with Gasteiger partial charge >= 0.3 is 11.9 Å². The van der Waals surface area contributed by atoms with E-state index in [1.54, 1.807) is 22.6 Å². The Hall–Kier alpha value is -2.86. The average Bonchev–Trinajstić information content (AvgIpc) is 2.93. The second-order valence-electron chi connectivity index (χ2n) is 10.8. The van der Waals surface area contributed by atoms with Gasteiger partial charge in [0.1, 0.15) is 17.5 Å². The number of halogens is 8. The number of hydrogen-bond acceptors (Lipinski definition) is 6. The Morgan fingerprint density at radius 1 is 1.24 bits per heavy atom. The Morgan fingerprint density at radius 2 is 1.96 bits per heavy atom. The summed E-state index contributed by atoms with van der Waals surface area (Å²) in [5, 5.41) is -0.144.